The summed E-state index contributed by atoms with van der Waals surface area (Å²) < 4.78 is 0. The van der Waals surface area contributed by atoms with E-state index in [4.69, 9.17) is 0 Å². The van der Waals surface area contributed by atoms with Gasteiger partial charge in [0.15, 0.2) is 0 Å². The van der Waals surface area contributed by atoms with E-state index >= 15 is 0 Å². The average Bonchev–Trinajstić information content (AvgIpc) is 3.72. The fraction of sp³-hybridized carbons (Fsp3) is 0.250. The van der Waals surface area contributed by atoms with Crippen molar-refractivity contribution >= 4 is 30.3 Å². The molecule has 0 aliphatic heterocycles. The first-order chi connectivity index (χ1) is 24.0. The maximum Gasteiger partial charge on any atom is 0.0776 e. The summed E-state index contributed by atoms with van der Waals surface area (Å²) in [7, 11) is -1.56. The molecule has 2 heteroatoms. The van der Waals surface area contributed by atoms with Crippen LogP contribution in [0.2, 0.25) is 19.6 Å². The molecule has 2 aliphatic carbocycles. The van der Waals surface area contributed by atoms with Crippen LogP contribution < -0.4 is 10.1 Å². The Balaban J connectivity index is 1.30. The lowest BCUT2D eigenvalue weighted by atomic mass is 9.76. The smallest absolute Gasteiger partial charge is 0.0776 e. The minimum atomic E-state index is -1.56. The van der Waals surface area contributed by atoms with Crippen LogP contribution in [0.4, 0.5) is 17.1 Å². The summed E-state index contributed by atoms with van der Waals surface area (Å²) in [5.74, 6) is 0. The summed E-state index contributed by atoms with van der Waals surface area (Å²) in [6.07, 6.45) is 5.05. The van der Waals surface area contributed by atoms with Crippen molar-refractivity contribution in [2.24, 2.45) is 0 Å². The molecule has 0 N–H and O–H groups in total. The molecule has 250 valence electrons. The third-order valence-corrected chi connectivity index (χ3v) is 13.4. The zero-order chi connectivity index (χ0) is 34.7. The van der Waals surface area contributed by atoms with Gasteiger partial charge in [-0.3, -0.25) is 0 Å². The Kier molecular flexibility index (Phi) is 7.99. The van der Waals surface area contributed by atoms with Gasteiger partial charge in [-0.25, -0.2) is 0 Å². The van der Waals surface area contributed by atoms with Crippen LogP contribution in [0.5, 0.6) is 0 Å². The Morgan fingerprint density at radius 2 is 1.12 bits per heavy atom. The molecule has 1 spiro atoms. The first-order valence-corrected chi connectivity index (χ1v) is 22.0. The number of hydrogen-bond acceptors (Lipinski definition) is 1. The lowest BCUT2D eigenvalue weighted by molar-refractivity contribution is 0.550. The second kappa shape index (κ2) is 12.3. The van der Waals surface area contributed by atoms with Gasteiger partial charge in [-0.1, -0.05) is 162 Å². The molecule has 2 aliphatic rings. The lowest BCUT2D eigenvalue weighted by Gasteiger charge is -2.34. The second-order valence-electron chi connectivity index (χ2n) is 16.6. The predicted molar refractivity (Wildman–Crippen MR) is 218 cm³/mol. The minimum Gasteiger partial charge on any atom is -0.310 e. The van der Waals surface area contributed by atoms with Crippen molar-refractivity contribution in [2.45, 2.75) is 76.9 Å². The molecule has 1 saturated carbocycles. The van der Waals surface area contributed by atoms with Gasteiger partial charge in [0.1, 0.15) is 0 Å². The molecular weight excluding hydrogens is 619 g/mol. The highest BCUT2D eigenvalue weighted by Gasteiger charge is 2.45. The average molecular weight is 668 g/mol. The Bertz CT molecular complexity index is 2170. The zero-order valence-corrected chi connectivity index (χ0v) is 31.6. The van der Waals surface area contributed by atoms with Crippen molar-refractivity contribution in [2.75, 3.05) is 4.90 Å². The van der Waals surface area contributed by atoms with Crippen molar-refractivity contribution in [3.8, 4) is 33.4 Å². The molecule has 50 heavy (non-hydrogen) atoms. The van der Waals surface area contributed by atoms with Crippen molar-refractivity contribution in [3.05, 3.63) is 156 Å². The van der Waals surface area contributed by atoms with E-state index in [1.165, 1.54) is 98.0 Å². The van der Waals surface area contributed by atoms with Gasteiger partial charge in [0, 0.05) is 22.5 Å². The number of fused-ring (bicyclic) bond motifs is 5. The van der Waals surface area contributed by atoms with Crippen LogP contribution in [0.25, 0.3) is 33.4 Å². The van der Waals surface area contributed by atoms with Crippen LogP contribution in [0.3, 0.4) is 0 Å². The summed E-state index contributed by atoms with van der Waals surface area (Å²) in [5, 5.41) is 1.48. The molecule has 6 aromatic rings. The van der Waals surface area contributed by atoms with Gasteiger partial charge in [0.2, 0.25) is 0 Å². The van der Waals surface area contributed by atoms with E-state index in [9.17, 15) is 0 Å². The van der Waals surface area contributed by atoms with Crippen LogP contribution in [-0.4, -0.2) is 8.07 Å². The fourth-order valence-electron chi connectivity index (χ4n) is 8.64. The van der Waals surface area contributed by atoms with Gasteiger partial charge in [-0.2, -0.15) is 0 Å². The van der Waals surface area contributed by atoms with Gasteiger partial charge in [-0.05, 0) is 105 Å². The topological polar surface area (TPSA) is 3.24 Å². The summed E-state index contributed by atoms with van der Waals surface area (Å²) in [6, 6.07) is 52.9. The normalized spacial score (nSPS) is 14.8. The van der Waals surface area contributed by atoms with Crippen molar-refractivity contribution in [3.63, 3.8) is 0 Å². The first kappa shape index (κ1) is 32.5. The molecule has 0 saturated heterocycles. The highest BCUT2D eigenvalue weighted by Crippen LogP contribution is 2.58. The second-order valence-corrected chi connectivity index (χ2v) is 21.7. The largest absolute Gasteiger partial charge is 0.310 e. The van der Waals surface area contributed by atoms with Crippen LogP contribution in [0.1, 0.15) is 63.1 Å². The summed E-state index contributed by atoms with van der Waals surface area (Å²) >= 11 is 0. The van der Waals surface area contributed by atoms with E-state index in [1.807, 2.05) is 0 Å². The van der Waals surface area contributed by atoms with Crippen LogP contribution >= 0.6 is 0 Å². The standard InChI is InChI=1S/C48H49NSi/c1-47(2,3)45-31-37(36-23-21-35(22-24-36)34-15-8-7-9-16-34)25-28-46(45)49(38-17-14-18-40(32-38)50(4,5)6)39-26-27-42-41-19-10-11-20-43(41)48(44(42)33-39)29-12-13-30-48/h7-11,14-28,31-33H,12-13,29-30H2,1-6H3. The van der Waals surface area contributed by atoms with Gasteiger partial charge in [0.25, 0.3) is 0 Å². The van der Waals surface area contributed by atoms with E-state index in [2.05, 4.69) is 185 Å². The van der Waals surface area contributed by atoms with Crippen molar-refractivity contribution in [1.82, 2.24) is 0 Å². The number of anilines is 3. The van der Waals surface area contributed by atoms with Crippen LogP contribution in [0, 0.1) is 0 Å². The summed E-state index contributed by atoms with van der Waals surface area (Å²) in [4.78, 5) is 2.57. The fourth-order valence-corrected chi connectivity index (χ4v) is 9.81. The molecule has 0 heterocycles. The Labute approximate surface area is 300 Å². The van der Waals surface area contributed by atoms with E-state index in [0.29, 0.717) is 0 Å². The lowest BCUT2D eigenvalue weighted by Crippen LogP contribution is -2.37. The number of benzene rings is 6. The van der Waals surface area contributed by atoms with Gasteiger partial charge in [0.05, 0.1) is 8.07 Å². The highest BCUT2D eigenvalue weighted by atomic mass is 28.3. The third-order valence-electron chi connectivity index (χ3n) is 11.3. The summed E-state index contributed by atoms with van der Waals surface area (Å²) in [5.41, 5.74) is 16.0. The van der Waals surface area contributed by atoms with Crippen LogP contribution in [0.15, 0.2) is 140 Å². The van der Waals surface area contributed by atoms with Gasteiger partial charge >= 0.3 is 0 Å². The first-order valence-electron chi connectivity index (χ1n) is 18.5. The van der Waals surface area contributed by atoms with E-state index < -0.39 is 8.07 Å². The molecule has 0 atom stereocenters. The molecule has 0 radical (unpaired) electrons. The Hall–Kier alpha value is -4.66. The van der Waals surface area contributed by atoms with Gasteiger partial charge in [-0.15, -0.1) is 0 Å². The van der Waals surface area contributed by atoms with E-state index in [0.717, 1.165) is 0 Å². The molecule has 8 rings (SSSR count). The predicted octanol–water partition coefficient (Wildman–Crippen LogP) is 13.2. The highest BCUT2D eigenvalue weighted by molar-refractivity contribution is 6.88. The van der Waals surface area contributed by atoms with E-state index in [1.54, 1.807) is 0 Å². The van der Waals surface area contributed by atoms with Crippen molar-refractivity contribution in [1.29, 1.82) is 0 Å². The van der Waals surface area contributed by atoms with Gasteiger partial charge < -0.3 is 4.90 Å². The quantitative estimate of drug-likeness (QED) is 0.160. The Morgan fingerprint density at radius 3 is 1.82 bits per heavy atom. The molecule has 1 fully saturated rings. The number of hydrogen-bond donors (Lipinski definition) is 0. The summed E-state index contributed by atoms with van der Waals surface area (Å²) in [6.45, 7) is 14.4. The molecule has 0 amide bonds. The number of nitrogens with zero attached hydrogens (tertiary/aromatic N) is 1. The monoisotopic (exact) mass is 667 g/mol. The maximum absolute atomic E-state index is 2.57. The Morgan fingerprint density at radius 1 is 0.520 bits per heavy atom. The molecule has 0 unspecified atom stereocenters. The SMILES string of the molecule is CC(C)(C)c1cc(-c2ccc(-c3ccccc3)cc2)ccc1N(c1cccc([Si](C)(C)C)c1)c1ccc2c(c1)C1(CCCC1)c1ccccc1-2. The van der Waals surface area contributed by atoms with Crippen molar-refractivity contribution < 1.29 is 0 Å². The molecular formula is C48H49NSi. The molecule has 1 nitrogen and oxygen atoms in total. The molecule has 6 aromatic carbocycles. The third kappa shape index (κ3) is 5.64. The number of rotatable bonds is 6. The van der Waals surface area contributed by atoms with Crippen LogP contribution in [-0.2, 0) is 10.8 Å². The maximum atomic E-state index is 2.57. The minimum absolute atomic E-state index is 0.0798. The zero-order valence-electron chi connectivity index (χ0n) is 30.6. The van der Waals surface area contributed by atoms with E-state index in [-0.39, 0.29) is 10.8 Å². The molecule has 0 aromatic heterocycles. The molecule has 0 bridgehead atoms.